The van der Waals surface area contributed by atoms with E-state index in [0.717, 1.165) is 11.2 Å². The smallest absolute Gasteiger partial charge is 0.136 e. The van der Waals surface area contributed by atoms with E-state index in [-0.39, 0.29) is 0 Å². The number of hydrogen-bond donors (Lipinski definition) is 0. The van der Waals surface area contributed by atoms with Crippen LogP contribution in [0.1, 0.15) is 5.56 Å². The molecule has 142 valence electrons. The summed E-state index contributed by atoms with van der Waals surface area (Å²) < 4.78 is 8.78. The zero-order valence-corrected chi connectivity index (χ0v) is 17.1. The maximum absolute atomic E-state index is 6.15. The monoisotopic (exact) mass is 402 g/mol. The van der Waals surface area contributed by atoms with Crippen LogP contribution >= 0.6 is 11.3 Å². The van der Waals surface area contributed by atoms with Gasteiger partial charge in [-0.2, -0.15) is 0 Å². The quantitative estimate of drug-likeness (QED) is 0.269. The van der Waals surface area contributed by atoms with Crippen LogP contribution in [-0.4, -0.2) is 0 Å². The topological polar surface area (TPSA) is 13.1 Å². The fourth-order valence-corrected chi connectivity index (χ4v) is 5.53. The highest BCUT2D eigenvalue weighted by Crippen LogP contribution is 2.43. The average molecular weight is 403 g/mol. The summed E-state index contributed by atoms with van der Waals surface area (Å²) in [4.78, 5) is 0. The van der Waals surface area contributed by atoms with Crippen molar-refractivity contribution in [3.63, 3.8) is 0 Å². The second-order valence-corrected chi connectivity index (χ2v) is 8.47. The number of benzene rings is 4. The van der Waals surface area contributed by atoms with Crippen molar-refractivity contribution < 1.29 is 4.42 Å². The molecule has 0 unspecified atom stereocenters. The van der Waals surface area contributed by atoms with E-state index in [4.69, 9.17) is 4.42 Å². The van der Waals surface area contributed by atoms with Gasteiger partial charge in [0.05, 0.1) is 0 Å². The molecule has 0 atom stereocenters. The Kier molecular flexibility index (Phi) is 3.87. The lowest BCUT2D eigenvalue weighted by atomic mass is 10.0. The summed E-state index contributed by atoms with van der Waals surface area (Å²) in [5.41, 5.74) is 3.09. The summed E-state index contributed by atoms with van der Waals surface area (Å²) in [6, 6.07) is 23.8. The third-order valence-corrected chi connectivity index (χ3v) is 6.83. The first kappa shape index (κ1) is 17.3. The Bertz CT molecular complexity index is 1660. The van der Waals surface area contributed by atoms with Gasteiger partial charge in [0.25, 0.3) is 0 Å². The largest absolute Gasteiger partial charge is 0.456 e. The predicted octanol–water partition coefficient (Wildman–Crippen LogP) is 8.86. The van der Waals surface area contributed by atoms with E-state index in [1.165, 1.54) is 47.3 Å². The van der Waals surface area contributed by atoms with Gasteiger partial charge in [0, 0.05) is 36.3 Å². The van der Waals surface area contributed by atoms with Gasteiger partial charge >= 0.3 is 0 Å². The minimum absolute atomic E-state index is 0.943. The molecule has 0 bridgehead atoms. The predicted molar refractivity (Wildman–Crippen MR) is 132 cm³/mol. The van der Waals surface area contributed by atoms with Crippen LogP contribution in [0.15, 0.2) is 102 Å². The molecule has 0 aliphatic heterocycles. The van der Waals surface area contributed by atoms with Gasteiger partial charge in [-0.3, -0.25) is 0 Å². The molecule has 0 spiro atoms. The van der Waals surface area contributed by atoms with E-state index in [1.807, 2.05) is 41.7 Å². The highest BCUT2D eigenvalue weighted by atomic mass is 32.1. The normalized spacial score (nSPS) is 12.5. The highest BCUT2D eigenvalue weighted by molar-refractivity contribution is 7.26. The molecule has 0 aliphatic rings. The maximum atomic E-state index is 6.15. The molecule has 2 heteroatoms. The molecule has 2 aromatic heterocycles. The van der Waals surface area contributed by atoms with E-state index < -0.39 is 0 Å². The standard InChI is InChI=1S/C28H18OS/c1-2-3-4-5-8-18-11-16-25-22(17-18)20-14-12-19-13-15-24-27(26(19)28(20)30-25)21-9-6-7-10-23(21)29-24/h2-17H,1H2/b4-3-,8-5+. The van der Waals surface area contributed by atoms with Crippen molar-refractivity contribution in [1.82, 2.24) is 0 Å². The van der Waals surface area contributed by atoms with Crippen molar-refractivity contribution in [1.29, 1.82) is 0 Å². The Hall–Kier alpha value is -3.62. The van der Waals surface area contributed by atoms with E-state index in [0.29, 0.717) is 0 Å². The van der Waals surface area contributed by atoms with Gasteiger partial charge < -0.3 is 4.42 Å². The van der Waals surface area contributed by atoms with Crippen molar-refractivity contribution in [2.45, 2.75) is 0 Å². The van der Waals surface area contributed by atoms with E-state index in [9.17, 15) is 0 Å². The molecule has 0 fully saturated rings. The second kappa shape index (κ2) is 6.72. The van der Waals surface area contributed by atoms with Crippen LogP contribution in [0.3, 0.4) is 0 Å². The summed E-state index contributed by atoms with van der Waals surface area (Å²) >= 11 is 1.87. The number of rotatable bonds is 3. The Morgan fingerprint density at radius 3 is 2.57 bits per heavy atom. The van der Waals surface area contributed by atoms with Crippen LogP contribution < -0.4 is 0 Å². The molecular formula is C28H18OS. The molecule has 0 aliphatic carbocycles. The first-order chi connectivity index (χ1) is 14.8. The number of fused-ring (bicyclic) bond motifs is 9. The second-order valence-electron chi connectivity index (χ2n) is 7.41. The zero-order valence-electron chi connectivity index (χ0n) is 16.3. The number of allylic oxidation sites excluding steroid dienone is 4. The first-order valence-electron chi connectivity index (χ1n) is 9.98. The molecule has 2 heterocycles. The number of para-hydroxylation sites is 1. The molecule has 0 saturated carbocycles. The molecular weight excluding hydrogens is 384 g/mol. The molecule has 1 nitrogen and oxygen atoms in total. The van der Waals surface area contributed by atoms with E-state index in [1.54, 1.807) is 6.08 Å². The lowest BCUT2D eigenvalue weighted by Crippen LogP contribution is -1.76. The van der Waals surface area contributed by atoms with Crippen LogP contribution in [-0.2, 0) is 0 Å². The summed E-state index contributed by atoms with van der Waals surface area (Å²) in [6.07, 6.45) is 9.89. The molecule has 0 saturated heterocycles. The lowest BCUT2D eigenvalue weighted by Gasteiger charge is -2.02. The van der Waals surface area contributed by atoms with E-state index in [2.05, 4.69) is 67.3 Å². The first-order valence-corrected chi connectivity index (χ1v) is 10.8. The summed E-state index contributed by atoms with van der Waals surface area (Å²) in [5, 5.41) is 7.55. The highest BCUT2D eigenvalue weighted by Gasteiger charge is 2.15. The lowest BCUT2D eigenvalue weighted by molar-refractivity contribution is 0.669. The molecule has 6 rings (SSSR count). The Morgan fingerprint density at radius 2 is 1.63 bits per heavy atom. The van der Waals surface area contributed by atoms with Gasteiger partial charge in [-0.1, -0.05) is 79.4 Å². The van der Waals surface area contributed by atoms with Crippen molar-refractivity contribution in [3.05, 3.63) is 103 Å². The number of thiophene rings is 1. The minimum Gasteiger partial charge on any atom is -0.456 e. The number of furan rings is 1. The summed E-state index contributed by atoms with van der Waals surface area (Å²) in [6.45, 7) is 3.71. The average Bonchev–Trinajstić information content (AvgIpc) is 3.34. The van der Waals surface area contributed by atoms with E-state index >= 15 is 0 Å². The SMILES string of the molecule is C=C/C=C\C=C\c1ccc2sc3c(ccc4ccc5oc6ccccc6c5c43)c2c1. The molecule has 6 aromatic rings. The van der Waals surface area contributed by atoms with Crippen LogP contribution in [0, 0.1) is 0 Å². The van der Waals surface area contributed by atoms with Crippen LogP contribution in [0.25, 0.3) is 59.0 Å². The molecule has 0 amide bonds. The van der Waals surface area contributed by atoms with Crippen LogP contribution in [0.4, 0.5) is 0 Å². The van der Waals surface area contributed by atoms with Crippen molar-refractivity contribution >= 4 is 70.3 Å². The Balaban J connectivity index is 1.69. The zero-order chi connectivity index (χ0) is 20.1. The third kappa shape index (κ3) is 2.54. The van der Waals surface area contributed by atoms with Crippen LogP contribution in [0.5, 0.6) is 0 Å². The van der Waals surface area contributed by atoms with Gasteiger partial charge in [0.2, 0.25) is 0 Å². The molecule has 0 N–H and O–H groups in total. The van der Waals surface area contributed by atoms with Crippen molar-refractivity contribution in [2.24, 2.45) is 0 Å². The summed E-state index contributed by atoms with van der Waals surface area (Å²) in [7, 11) is 0. The van der Waals surface area contributed by atoms with Gasteiger partial charge in [-0.05, 0) is 35.2 Å². The molecule has 30 heavy (non-hydrogen) atoms. The van der Waals surface area contributed by atoms with Crippen molar-refractivity contribution in [2.75, 3.05) is 0 Å². The fourth-order valence-electron chi connectivity index (χ4n) is 4.29. The third-order valence-electron chi connectivity index (χ3n) is 5.63. The van der Waals surface area contributed by atoms with Gasteiger partial charge in [0.15, 0.2) is 0 Å². The minimum atomic E-state index is 0.943. The molecule has 4 aromatic carbocycles. The van der Waals surface area contributed by atoms with Gasteiger partial charge in [-0.25, -0.2) is 0 Å². The molecule has 0 radical (unpaired) electrons. The van der Waals surface area contributed by atoms with Gasteiger partial charge in [0.1, 0.15) is 11.2 Å². The fraction of sp³-hybridized carbons (Fsp3) is 0. The van der Waals surface area contributed by atoms with Crippen LogP contribution in [0.2, 0.25) is 0 Å². The summed E-state index contributed by atoms with van der Waals surface area (Å²) in [5.74, 6) is 0. The number of hydrogen-bond acceptors (Lipinski definition) is 2. The van der Waals surface area contributed by atoms with Gasteiger partial charge in [-0.15, -0.1) is 11.3 Å². The Labute approximate surface area is 177 Å². The van der Waals surface area contributed by atoms with Crippen molar-refractivity contribution in [3.8, 4) is 0 Å². The maximum Gasteiger partial charge on any atom is 0.136 e. The Morgan fingerprint density at radius 1 is 0.733 bits per heavy atom.